The first kappa shape index (κ1) is 13.6. The monoisotopic (exact) mass is 247 g/mol. The molecule has 1 aromatic carbocycles. The summed E-state index contributed by atoms with van der Waals surface area (Å²) in [5.74, 6) is 1.47. The number of benzene rings is 1. The van der Waals surface area contributed by atoms with Gasteiger partial charge in [0.2, 0.25) is 0 Å². The molecule has 2 rings (SSSR count). The van der Waals surface area contributed by atoms with Gasteiger partial charge in [-0.15, -0.1) is 0 Å². The van der Waals surface area contributed by atoms with E-state index in [1.165, 1.54) is 5.56 Å². The molecule has 1 aliphatic rings. The third-order valence-electron chi connectivity index (χ3n) is 4.47. The van der Waals surface area contributed by atoms with Gasteiger partial charge in [0.1, 0.15) is 0 Å². The SMILES string of the molecule is Cc1ccc(C(O)C(C)N2CC(C)C(C)C2)cc1. The normalized spacial score (nSPS) is 28.3. The smallest absolute Gasteiger partial charge is 0.0942 e. The van der Waals surface area contributed by atoms with E-state index >= 15 is 0 Å². The van der Waals surface area contributed by atoms with Gasteiger partial charge in [-0.05, 0) is 31.2 Å². The van der Waals surface area contributed by atoms with Gasteiger partial charge in [-0.2, -0.15) is 0 Å². The van der Waals surface area contributed by atoms with E-state index in [-0.39, 0.29) is 12.1 Å². The summed E-state index contributed by atoms with van der Waals surface area (Å²) in [6.07, 6.45) is -0.386. The van der Waals surface area contributed by atoms with E-state index in [1.54, 1.807) is 0 Å². The highest BCUT2D eigenvalue weighted by Gasteiger charge is 2.32. The predicted molar refractivity (Wildman–Crippen MR) is 75.5 cm³/mol. The maximum absolute atomic E-state index is 10.5. The van der Waals surface area contributed by atoms with Crippen molar-refractivity contribution in [2.75, 3.05) is 13.1 Å². The topological polar surface area (TPSA) is 23.5 Å². The maximum Gasteiger partial charge on any atom is 0.0942 e. The molecule has 0 aliphatic carbocycles. The van der Waals surface area contributed by atoms with Crippen molar-refractivity contribution in [2.24, 2.45) is 11.8 Å². The first-order valence-electron chi connectivity index (χ1n) is 6.97. The Bertz CT molecular complexity index is 377. The average Bonchev–Trinajstić information content (AvgIpc) is 2.69. The highest BCUT2D eigenvalue weighted by Crippen LogP contribution is 2.29. The van der Waals surface area contributed by atoms with Crippen molar-refractivity contribution in [1.82, 2.24) is 4.90 Å². The lowest BCUT2D eigenvalue weighted by Gasteiger charge is -2.29. The number of hydrogen-bond donors (Lipinski definition) is 1. The van der Waals surface area contributed by atoms with Crippen LogP contribution < -0.4 is 0 Å². The molecule has 0 spiro atoms. The van der Waals surface area contributed by atoms with Gasteiger partial charge < -0.3 is 5.11 Å². The van der Waals surface area contributed by atoms with E-state index in [0.29, 0.717) is 0 Å². The molecule has 4 unspecified atom stereocenters. The van der Waals surface area contributed by atoms with Gasteiger partial charge in [0.05, 0.1) is 6.10 Å². The van der Waals surface area contributed by atoms with Crippen molar-refractivity contribution >= 4 is 0 Å². The summed E-state index contributed by atoms with van der Waals surface area (Å²) >= 11 is 0. The third-order valence-corrected chi connectivity index (χ3v) is 4.47. The largest absolute Gasteiger partial charge is 0.387 e. The highest BCUT2D eigenvalue weighted by molar-refractivity contribution is 5.24. The Morgan fingerprint density at radius 2 is 1.61 bits per heavy atom. The number of aliphatic hydroxyl groups excluding tert-OH is 1. The van der Waals surface area contributed by atoms with Crippen LogP contribution >= 0.6 is 0 Å². The number of aliphatic hydroxyl groups is 1. The van der Waals surface area contributed by atoms with Crippen molar-refractivity contribution in [2.45, 2.75) is 39.8 Å². The highest BCUT2D eigenvalue weighted by atomic mass is 16.3. The van der Waals surface area contributed by atoms with Crippen molar-refractivity contribution in [1.29, 1.82) is 0 Å². The molecule has 2 nitrogen and oxygen atoms in total. The molecule has 1 fully saturated rings. The van der Waals surface area contributed by atoms with Crippen LogP contribution in [-0.4, -0.2) is 29.1 Å². The standard InChI is InChI=1S/C16H25NO/c1-11-5-7-15(8-6-11)16(18)14(4)17-9-12(2)13(3)10-17/h5-8,12-14,16,18H,9-10H2,1-4H3. The molecular weight excluding hydrogens is 222 g/mol. The van der Waals surface area contributed by atoms with Crippen LogP contribution in [0.15, 0.2) is 24.3 Å². The second kappa shape index (κ2) is 5.41. The van der Waals surface area contributed by atoms with Crippen LogP contribution in [0.1, 0.15) is 38.0 Å². The van der Waals surface area contributed by atoms with Crippen LogP contribution in [0.5, 0.6) is 0 Å². The first-order valence-corrected chi connectivity index (χ1v) is 6.97. The summed E-state index contributed by atoms with van der Waals surface area (Å²) in [6.45, 7) is 11.0. The van der Waals surface area contributed by atoms with Gasteiger partial charge in [0.15, 0.2) is 0 Å². The second-order valence-corrected chi connectivity index (χ2v) is 6.00. The van der Waals surface area contributed by atoms with E-state index in [0.717, 1.165) is 30.5 Å². The summed E-state index contributed by atoms with van der Waals surface area (Å²) in [6, 6.07) is 8.42. The van der Waals surface area contributed by atoms with Gasteiger partial charge in [0.25, 0.3) is 0 Å². The summed E-state index contributed by atoms with van der Waals surface area (Å²) in [4.78, 5) is 2.42. The first-order chi connectivity index (χ1) is 8.49. The number of likely N-dealkylation sites (tertiary alicyclic amines) is 1. The molecule has 0 amide bonds. The zero-order valence-electron chi connectivity index (χ0n) is 11.9. The van der Waals surface area contributed by atoms with Crippen LogP contribution in [0, 0.1) is 18.8 Å². The fourth-order valence-corrected chi connectivity index (χ4v) is 2.75. The molecule has 1 N–H and O–H groups in total. The fourth-order valence-electron chi connectivity index (χ4n) is 2.75. The van der Waals surface area contributed by atoms with Gasteiger partial charge in [-0.25, -0.2) is 0 Å². The molecule has 4 atom stereocenters. The Kier molecular flexibility index (Phi) is 4.08. The molecule has 1 heterocycles. The molecule has 100 valence electrons. The molecule has 1 aliphatic heterocycles. The van der Waals surface area contributed by atoms with Crippen LogP contribution in [0.3, 0.4) is 0 Å². The van der Waals surface area contributed by atoms with E-state index in [4.69, 9.17) is 0 Å². The van der Waals surface area contributed by atoms with Gasteiger partial charge in [-0.1, -0.05) is 43.7 Å². The van der Waals surface area contributed by atoms with E-state index in [2.05, 4.69) is 44.7 Å². The fraction of sp³-hybridized carbons (Fsp3) is 0.625. The Balaban J connectivity index is 2.05. The van der Waals surface area contributed by atoms with E-state index in [1.807, 2.05) is 12.1 Å². The Morgan fingerprint density at radius 3 is 2.11 bits per heavy atom. The lowest BCUT2D eigenvalue weighted by atomic mass is 10.0. The van der Waals surface area contributed by atoms with Gasteiger partial charge in [0, 0.05) is 19.1 Å². The third kappa shape index (κ3) is 2.76. The number of nitrogens with zero attached hydrogens (tertiary/aromatic N) is 1. The molecule has 1 saturated heterocycles. The molecular formula is C16H25NO. The molecule has 0 saturated carbocycles. The molecule has 18 heavy (non-hydrogen) atoms. The molecule has 0 bridgehead atoms. The lowest BCUT2D eigenvalue weighted by Crippen LogP contribution is -2.36. The van der Waals surface area contributed by atoms with Crippen LogP contribution in [0.2, 0.25) is 0 Å². The van der Waals surface area contributed by atoms with Crippen LogP contribution in [0.4, 0.5) is 0 Å². The second-order valence-electron chi connectivity index (χ2n) is 6.00. The minimum atomic E-state index is -0.386. The summed E-state index contributed by atoms with van der Waals surface area (Å²) in [5.41, 5.74) is 2.27. The molecule has 2 heteroatoms. The van der Waals surface area contributed by atoms with Crippen molar-refractivity contribution < 1.29 is 5.11 Å². The van der Waals surface area contributed by atoms with Crippen LogP contribution in [0.25, 0.3) is 0 Å². The average molecular weight is 247 g/mol. The van der Waals surface area contributed by atoms with Crippen molar-refractivity contribution in [3.63, 3.8) is 0 Å². The quantitative estimate of drug-likeness (QED) is 0.887. The van der Waals surface area contributed by atoms with E-state index < -0.39 is 0 Å². The minimum Gasteiger partial charge on any atom is -0.387 e. The Hall–Kier alpha value is -0.860. The van der Waals surface area contributed by atoms with Crippen molar-refractivity contribution in [3.05, 3.63) is 35.4 Å². The number of hydrogen-bond acceptors (Lipinski definition) is 2. The number of aryl methyl sites for hydroxylation is 1. The number of rotatable bonds is 3. The van der Waals surface area contributed by atoms with Gasteiger partial charge in [-0.3, -0.25) is 4.90 Å². The zero-order valence-corrected chi connectivity index (χ0v) is 11.9. The molecule has 1 aromatic rings. The molecule has 0 aromatic heterocycles. The predicted octanol–water partition coefficient (Wildman–Crippen LogP) is 3.00. The Labute approximate surface area is 111 Å². The van der Waals surface area contributed by atoms with Crippen LogP contribution in [-0.2, 0) is 0 Å². The summed E-state index contributed by atoms with van der Waals surface area (Å²) < 4.78 is 0. The van der Waals surface area contributed by atoms with Crippen molar-refractivity contribution in [3.8, 4) is 0 Å². The zero-order chi connectivity index (χ0) is 13.3. The Morgan fingerprint density at radius 1 is 1.11 bits per heavy atom. The minimum absolute atomic E-state index is 0.195. The van der Waals surface area contributed by atoms with E-state index in [9.17, 15) is 5.11 Å². The van der Waals surface area contributed by atoms with Gasteiger partial charge >= 0.3 is 0 Å². The summed E-state index contributed by atoms with van der Waals surface area (Å²) in [7, 11) is 0. The lowest BCUT2D eigenvalue weighted by molar-refractivity contribution is 0.0687. The molecule has 0 radical (unpaired) electrons. The maximum atomic E-state index is 10.5. The summed E-state index contributed by atoms with van der Waals surface area (Å²) in [5, 5.41) is 10.5.